The lowest BCUT2D eigenvalue weighted by atomic mass is 10.0. The minimum Gasteiger partial charge on any atom is -0.392 e. The van der Waals surface area contributed by atoms with Crippen LogP contribution in [0.2, 0.25) is 0 Å². The maximum absolute atomic E-state index is 9.75. The molecule has 0 radical (unpaired) electrons. The van der Waals surface area contributed by atoms with E-state index in [0.717, 1.165) is 31.9 Å². The lowest BCUT2D eigenvalue weighted by Crippen LogP contribution is -2.25. The largest absolute Gasteiger partial charge is 0.392 e. The van der Waals surface area contributed by atoms with Gasteiger partial charge >= 0.3 is 0 Å². The van der Waals surface area contributed by atoms with E-state index < -0.39 is 6.10 Å². The van der Waals surface area contributed by atoms with Crippen LogP contribution in [0.1, 0.15) is 39.4 Å². The summed E-state index contributed by atoms with van der Waals surface area (Å²) in [4.78, 5) is 6.63. The first-order valence-corrected chi connectivity index (χ1v) is 6.78. The minimum atomic E-state index is -0.416. The summed E-state index contributed by atoms with van der Waals surface area (Å²) < 4.78 is 5.15. The highest BCUT2D eigenvalue weighted by Gasteiger charge is 2.15. The molecule has 1 rings (SSSR count). The van der Waals surface area contributed by atoms with Crippen molar-refractivity contribution in [2.24, 2.45) is 5.92 Å². The van der Waals surface area contributed by atoms with Crippen molar-refractivity contribution < 1.29 is 9.63 Å². The summed E-state index contributed by atoms with van der Waals surface area (Å²) >= 11 is 0. The second kappa shape index (κ2) is 7.48. The normalized spacial score (nSPS) is 13.5. The van der Waals surface area contributed by atoms with Crippen LogP contribution in [0.4, 0.5) is 0 Å². The number of nitrogens with zero attached hydrogens (tertiary/aromatic N) is 3. The molecule has 1 heterocycles. The zero-order chi connectivity index (χ0) is 13.5. The topological polar surface area (TPSA) is 62.4 Å². The van der Waals surface area contributed by atoms with Gasteiger partial charge in [-0.1, -0.05) is 32.9 Å². The van der Waals surface area contributed by atoms with Crippen LogP contribution in [0.3, 0.4) is 0 Å². The Morgan fingerprint density at radius 1 is 1.28 bits per heavy atom. The van der Waals surface area contributed by atoms with E-state index in [2.05, 4.69) is 28.9 Å². The summed E-state index contributed by atoms with van der Waals surface area (Å²) in [5.74, 6) is 1.47. The molecule has 0 spiro atoms. The maximum Gasteiger partial charge on any atom is 0.229 e. The lowest BCUT2D eigenvalue weighted by Gasteiger charge is -2.16. The van der Waals surface area contributed by atoms with Gasteiger partial charge < -0.3 is 14.5 Å². The fourth-order valence-electron chi connectivity index (χ4n) is 1.69. The van der Waals surface area contributed by atoms with Gasteiger partial charge in [-0.2, -0.15) is 4.98 Å². The Hall–Kier alpha value is -0.940. The van der Waals surface area contributed by atoms with Crippen LogP contribution in [0.15, 0.2) is 4.52 Å². The molecule has 18 heavy (non-hydrogen) atoms. The SMILES string of the molecule is CCN(CC)CCc1noc(CC(O)C(C)C)n1. The third-order valence-corrected chi connectivity index (χ3v) is 3.21. The molecule has 5 nitrogen and oxygen atoms in total. The molecule has 0 aliphatic heterocycles. The van der Waals surface area contributed by atoms with Gasteiger partial charge in [0.1, 0.15) is 0 Å². The third kappa shape index (κ3) is 4.74. The molecular weight excluding hydrogens is 230 g/mol. The quantitative estimate of drug-likeness (QED) is 0.763. The second-order valence-corrected chi connectivity index (χ2v) is 4.90. The van der Waals surface area contributed by atoms with Crippen molar-refractivity contribution in [2.45, 2.75) is 46.6 Å². The Morgan fingerprint density at radius 2 is 1.94 bits per heavy atom. The van der Waals surface area contributed by atoms with Crippen molar-refractivity contribution in [1.82, 2.24) is 15.0 Å². The van der Waals surface area contributed by atoms with E-state index in [1.54, 1.807) is 0 Å². The molecule has 1 atom stereocenters. The van der Waals surface area contributed by atoms with Crippen molar-refractivity contribution in [1.29, 1.82) is 0 Å². The van der Waals surface area contributed by atoms with Crippen LogP contribution in [0, 0.1) is 5.92 Å². The molecule has 5 heteroatoms. The predicted octanol–water partition coefficient (Wildman–Crippen LogP) is 1.51. The summed E-state index contributed by atoms with van der Waals surface area (Å²) in [6.07, 6.45) is 0.819. The van der Waals surface area contributed by atoms with Gasteiger partial charge in [0.25, 0.3) is 0 Å². The van der Waals surface area contributed by atoms with Gasteiger partial charge in [0.05, 0.1) is 12.5 Å². The molecule has 104 valence electrons. The Morgan fingerprint density at radius 3 is 2.50 bits per heavy atom. The first-order chi connectivity index (χ1) is 8.56. The van der Waals surface area contributed by atoms with Gasteiger partial charge in [-0.15, -0.1) is 0 Å². The van der Waals surface area contributed by atoms with Crippen LogP contribution < -0.4 is 0 Å². The number of hydrogen-bond donors (Lipinski definition) is 1. The van der Waals surface area contributed by atoms with Gasteiger partial charge in [0, 0.05) is 13.0 Å². The summed E-state index contributed by atoms with van der Waals surface area (Å²) in [6.45, 7) is 11.2. The van der Waals surface area contributed by atoms with Crippen LogP contribution in [-0.2, 0) is 12.8 Å². The van der Waals surface area contributed by atoms with E-state index in [1.165, 1.54) is 0 Å². The molecule has 0 amide bonds. The first-order valence-electron chi connectivity index (χ1n) is 6.78. The highest BCUT2D eigenvalue weighted by Crippen LogP contribution is 2.09. The van der Waals surface area contributed by atoms with Crippen LogP contribution in [-0.4, -0.2) is 45.9 Å². The average Bonchev–Trinajstić information content (AvgIpc) is 2.78. The minimum absolute atomic E-state index is 0.205. The first kappa shape index (κ1) is 15.1. The van der Waals surface area contributed by atoms with Crippen LogP contribution >= 0.6 is 0 Å². The van der Waals surface area contributed by atoms with E-state index in [9.17, 15) is 5.11 Å². The molecule has 0 bridgehead atoms. The van der Waals surface area contributed by atoms with Gasteiger partial charge in [-0.25, -0.2) is 0 Å². The van der Waals surface area contributed by atoms with Crippen LogP contribution in [0.25, 0.3) is 0 Å². The van der Waals surface area contributed by atoms with E-state index in [0.29, 0.717) is 12.3 Å². The predicted molar refractivity (Wildman–Crippen MR) is 70.3 cm³/mol. The number of aliphatic hydroxyl groups excluding tert-OH is 1. The molecule has 0 aliphatic carbocycles. The van der Waals surface area contributed by atoms with Crippen molar-refractivity contribution >= 4 is 0 Å². The molecule has 1 aromatic rings. The summed E-state index contributed by atoms with van der Waals surface area (Å²) in [6, 6.07) is 0. The summed E-state index contributed by atoms with van der Waals surface area (Å²) in [5.41, 5.74) is 0. The van der Waals surface area contributed by atoms with E-state index in [-0.39, 0.29) is 5.92 Å². The Bertz CT molecular complexity index is 335. The molecule has 1 unspecified atom stereocenters. The molecule has 0 aliphatic rings. The number of aromatic nitrogens is 2. The summed E-state index contributed by atoms with van der Waals surface area (Å²) in [7, 11) is 0. The Balaban J connectivity index is 2.43. The Labute approximate surface area is 109 Å². The number of hydrogen-bond acceptors (Lipinski definition) is 5. The van der Waals surface area contributed by atoms with E-state index in [1.807, 2.05) is 13.8 Å². The maximum atomic E-state index is 9.75. The number of likely N-dealkylation sites (N-methyl/N-ethyl adjacent to an activating group) is 1. The van der Waals surface area contributed by atoms with Gasteiger partial charge in [0.15, 0.2) is 5.82 Å². The zero-order valence-electron chi connectivity index (χ0n) is 11.9. The number of aliphatic hydroxyl groups is 1. The fourth-order valence-corrected chi connectivity index (χ4v) is 1.69. The molecule has 1 aromatic heterocycles. The molecule has 0 fully saturated rings. The second-order valence-electron chi connectivity index (χ2n) is 4.90. The third-order valence-electron chi connectivity index (χ3n) is 3.21. The number of rotatable bonds is 8. The van der Waals surface area contributed by atoms with Crippen molar-refractivity contribution in [2.75, 3.05) is 19.6 Å². The molecule has 0 saturated carbocycles. The van der Waals surface area contributed by atoms with E-state index in [4.69, 9.17) is 4.52 Å². The zero-order valence-corrected chi connectivity index (χ0v) is 11.9. The summed E-state index contributed by atoms with van der Waals surface area (Å²) in [5, 5.41) is 13.7. The van der Waals surface area contributed by atoms with Gasteiger partial charge in [-0.05, 0) is 19.0 Å². The average molecular weight is 255 g/mol. The van der Waals surface area contributed by atoms with Crippen molar-refractivity contribution in [3.8, 4) is 0 Å². The van der Waals surface area contributed by atoms with Crippen LogP contribution in [0.5, 0.6) is 0 Å². The highest BCUT2D eigenvalue weighted by atomic mass is 16.5. The Kier molecular flexibility index (Phi) is 6.29. The standard InChI is InChI=1S/C13H25N3O2/c1-5-16(6-2)8-7-12-14-13(18-15-12)9-11(17)10(3)4/h10-11,17H,5-9H2,1-4H3. The fraction of sp³-hybridized carbons (Fsp3) is 0.846. The molecular formula is C13H25N3O2. The molecule has 0 aromatic carbocycles. The highest BCUT2D eigenvalue weighted by molar-refractivity contribution is 4.89. The monoisotopic (exact) mass is 255 g/mol. The van der Waals surface area contributed by atoms with Gasteiger partial charge in [0.2, 0.25) is 5.89 Å². The van der Waals surface area contributed by atoms with E-state index >= 15 is 0 Å². The molecule has 0 saturated heterocycles. The van der Waals surface area contributed by atoms with Crippen molar-refractivity contribution in [3.05, 3.63) is 11.7 Å². The van der Waals surface area contributed by atoms with Gasteiger partial charge in [-0.3, -0.25) is 0 Å². The smallest absolute Gasteiger partial charge is 0.229 e. The lowest BCUT2D eigenvalue weighted by molar-refractivity contribution is 0.116. The van der Waals surface area contributed by atoms with Crippen molar-refractivity contribution in [3.63, 3.8) is 0 Å². The molecule has 1 N–H and O–H groups in total.